The van der Waals surface area contributed by atoms with Crippen LogP contribution in [0.2, 0.25) is 10.0 Å². The van der Waals surface area contributed by atoms with Crippen molar-refractivity contribution in [3.8, 4) is 5.75 Å². The number of hydrogen-bond acceptors (Lipinski definition) is 3. The zero-order valence-electron chi connectivity index (χ0n) is 15.2. The van der Waals surface area contributed by atoms with Crippen molar-refractivity contribution >= 4 is 35.0 Å². The van der Waals surface area contributed by atoms with Gasteiger partial charge in [-0.3, -0.25) is 9.59 Å². The second-order valence-electron chi connectivity index (χ2n) is 5.93. The molecule has 0 saturated heterocycles. The van der Waals surface area contributed by atoms with Gasteiger partial charge in [-0.2, -0.15) is 0 Å². The van der Waals surface area contributed by atoms with E-state index in [1.165, 1.54) is 4.90 Å². The van der Waals surface area contributed by atoms with Crippen molar-refractivity contribution < 1.29 is 14.3 Å². The lowest BCUT2D eigenvalue weighted by Crippen LogP contribution is -2.49. The minimum absolute atomic E-state index is 0.204. The summed E-state index contributed by atoms with van der Waals surface area (Å²) in [4.78, 5) is 26.6. The first-order valence-electron chi connectivity index (χ1n) is 8.61. The molecule has 0 spiro atoms. The van der Waals surface area contributed by atoms with Crippen molar-refractivity contribution in [2.45, 2.75) is 26.4 Å². The summed E-state index contributed by atoms with van der Waals surface area (Å²) in [6, 6.07) is 13.3. The predicted octanol–water partition coefficient (Wildman–Crippen LogP) is 3.93. The van der Waals surface area contributed by atoms with Crippen LogP contribution in [-0.4, -0.2) is 35.9 Å². The van der Waals surface area contributed by atoms with Gasteiger partial charge in [-0.1, -0.05) is 47.5 Å². The number of benzene rings is 2. The third kappa shape index (κ3) is 6.15. The Bertz CT molecular complexity index is 798. The van der Waals surface area contributed by atoms with Crippen LogP contribution in [0.5, 0.6) is 5.75 Å². The lowest BCUT2D eigenvalue weighted by molar-refractivity contribution is -0.142. The first-order chi connectivity index (χ1) is 12.9. The van der Waals surface area contributed by atoms with Crippen LogP contribution in [0.15, 0.2) is 48.5 Å². The van der Waals surface area contributed by atoms with E-state index in [0.29, 0.717) is 22.3 Å². The highest BCUT2D eigenvalue weighted by atomic mass is 35.5. The number of carbonyl (C=O) groups excluding carboxylic acids is 2. The second-order valence-corrected chi connectivity index (χ2v) is 6.77. The normalized spacial score (nSPS) is 11.6. The van der Waals surface area contributed by atoms with Crippen LogP contribution in [-0.2, 0) is 16.1 Å². The Morgan fingerprint density at radius 2 is 1.89 bits per heavy atom. The molecule has 27 heavy (non-hydrogen) atoms. The van der Waals surface area contributed by atoms with Crippen LogP contribution in [0, 0.1) is 0 Å². The van der Waals surface area contributed by atoms with E-state index in [9.17, 15) is 9.59 Å². The van der Waals surface area contributed by atoms with E-state index in [0.717, 1.165) is 5.56 Å². The van der Waals surface area contributed by atoms with Crippen LogP contribution >= 0.6 is 23.2 Å². The number of halogens is 2. The summed E-state index contributed by atoms with van der Waals surface area (Å²) in [5, 5.41) is 3.79. The number of likely N-dealkylation sites (N-methyl/N-ethyl adjacent to an activating group) is 1. The van der Waals surface area contributed by atoms with Gasteiger partial charge in [0.1, 0.15) is 11.8 Å². The summed E-state index contributed by atoms with van der Waals surface area (Å²) in [6.07, 6.45) is 0. The molecule has 0 aromatic heterocycles. The summed E-state index contributed by atoms with van der Waals surface area (Å²) < 4.78 is 5.55. The van der Waals surface area contributed by atoms with Crippen LogP contribution in [0.3, 0.4) is 0 Å². The molecule has 0 bridgehead atoms. The molecular weight excluding hydrogens is 387 g/mol. The van der Waals surface area contributed by atoms with Crippen LogP contribution in [0.4, 0.5) is 0 Å². The van der Waals surface area contributed by atoms with Crippen LogP contribution in [0.25, 0.3) is 0 Å². The molecule has 0 saturated carbocycles. The quantitative estimate of drug-likeness (QED) is 0.719. The van der Waals surface area contributed by atoms with E-state index in [1.54, 1.807) is 37.3 Å². The molecule has 0 radical (unpaired) electrons. The molecule has 1 atom stereocenters. The molecule has 0 heterocycles. The Kier molecular flexibility index (Phi) is 7.95. The van der Waals surface area contributed by atoms with Gasteiger partial charge in [0.2, 0.25) is 5.91 Å². The minimum atomic E-state index is -0.670. The SMILES string of the molecule is CCNC(=O)C(C)N(Cc1ccccc1Cl)C(=O)COc1cccc(Cl)c1. The Balaban J connectivity index is 2.15. The van der Waals surface area contributed by atoms with Crippen molar-refractivity contribution in [2.24, 2.45) is 0 Å². The highest BCUT2D eigenvalue weighted by Gasteiger charge is 2.26. The number of nitrogens with zero attached hydrogens (tertiary/aromatic N) is 1. The van der Waals surface area contributed by atoms with E-state index < -0.39 is 6.04 Å². The molecule has 0 aliphatic heterocycles. The summed E-state index contributed by atoms with van der Waals surface area (Å²) in [5.74, 6) is -0.0755. The smallest absolute Gasteiger partial charge is 0.261 e. The Labute approximate surface area is 169 Å². The molecule has 1 unspecified atom stereocenters. The number of rotatable bonds is 8. The van der Waals surface area contributed by atoms with Crippen LogP contribution < -0.4 is 10.1 Å². The van der Waals surface area contributed by atoms with E-state index in [-0.39, 0.29) is 25.0 Å². The van der Waals surface area contributed by atoms with E-state index >= 15 is 0 Å². The maximum absolute atomic E-state index is 12.8. The predicted molar refractivity (Wildman–Crippen MR) is 107 cm³/mol. The number of carbonyl (C=O) groups is 2. The first kappa shape index (κ1) is 21.1. The summed E-state index contributed by atoms with van der Waals surface area (Å²) in [6.45, 7) is 3.98. The van der Waals surface area contributed by atoms with Gasteiger partial charge in [-0.15, -0.1) is 0 Å². The lowest BCUT2D eigenvalue weighted by atomic mass is 10.1. The molecule has 2 aromatic rings. The Morgan fingerprint density at radius 3 is 2.56 bits per heavy atom. The maximum Gasteiger partial charge on any atom is 0.261 e. The summed E-state index contributed by atoms with van der Waals surface area (Å²) >= 11 is 12.2. The van der Waals surface area contributed by atoms with Gasteiger partial charge in [-0.05, 0) is 43.7 Å². The average molecular weight is 409 g/mol. The fourth-order valence-electron chi connectivity index (χ4n) is 2.50. The van der Waals surface area contributed by atoms with Gasteiger partial charge in [0.15, 0.2) is 6.61 Å². The second kappa shape index (κ2) is 10.2. The van der Waals surface area contributed by atoms with Gasteiger partial charge in [-0.25, -0.2) is 0 Å². The van der Waals surface area contributed by atoms with Crippen molar-refractivity contribution in [1.82, 2.24) is 10.2 Å². The minimum Gasteiger partial charge on any atom is -0.484 e. The van der Waals surface area contributed by atoms with E-state index in [4.69, 9.17) is 27.9 Å². The number of hydrogen-bond donors (Lipinski definition) is 1. The average Bonchev–Trinajstić information content (AvgIpc) is 2.65. The molecule has 1 N–H and O–H groups in total. The fourth-order valence-corrected chi connectivity index (χ4v) is 2.88. The molecule has 5 nitrogen and oxygen atoms in total. The summed E-state index contributed by atoms with van der Waals surface area (Å²) in [7, 11) is 0. The first-order valence-corrected chi connectivity index (χ1v) is 9.37. The van der Waals surface area contributed by atoms with Crippen molar-refractivity contribution in [3.63, 3.8) is 0 Å². The van der Waals surface area contributed by atoms with Crippen molar-refractivity contribution in [1.29, 1.82) is 0 Å². The molecule has 2 amide bonds. The van der Waals surface area contributed by atoms with Gasteiger partial charge in [0, 0.05) is 23.1 Å². The largest absolute Gasteiger partial charge is 0.484 e. The van der Waals surface area contributed by atoms with Gasteiger partial charge >= 0.3 is 0 Å². The molecule has 0 aliphatic carbocycles. The Hall–Kier alpha value is -2.24. The molecule has 144 valence electrons. The zero-order chi connectivity index (χ0) is 19.8. The molecular formula is C20H22Cl2N2O3. The van der Waals surface area contributed by atoms with Gasteiger partial charge in [0.05, 0.1) is 0 Å². The van der Waals surface area contributed by atoms with Gasteiger partial charge < -0.3 is 15.0 Å². The lowest BCUT2D eigenvalue weighted by Gasteiger charge is -2.29. The monoisotopic (exact) mass is 408 g/mol. The molecule has 7 heteroatoms. The van der Waals surface area contributed by atoms with Crippen molar-refractivity contribution in [2.75, 3.05) is 13.2 Å². The molecule has 0 aliphatic rings. The van der Waals surface area contributed by atoms with Crippen molar-refractivity contribution in [3.05, 3.63) is 64.1 Å². The third-order valence-corrected chi connectivity index (χ3v) is 4.58. The summed E-state index contributed by atoms with van der Waals surface area (Å²) in [5.41, 5.74) is 0.756. The Morgan fingerprint density at radius 1 is 1.15 bits per heavy atom. The van der Waals surface area contributed by atoms with Gasteiger partial charge in [0.25, 0.3) is 5.91 Å². The highest BCUT2D eigenvalue weighted by molar-refractivity contribution is 6.31. The highest BCUT2D eigenvalue weighted by Crippen LogP contribution is 2.20. The van der Waals surface area contributed by atoms with E-state index in [1.807, 2.05) is 25.1 Å². The molecule has 2 rings (SSSR count). The fraction of sp³-hybridized carbons (Fsp3) is 0.300. The molecule has 2 aromatic carbocycles. The maximum atomic E-state index is 12.8. The number of amides is 2. The zero-order valence-corrected chi connectivity index (χ0v) is 16.8. The third-order valence-electron chi connectivity index (χ3n) is 3.98. The molecule has 0 fully saturated rings. The van der Waals surface area contributed by atoms with Crippen LogP contribution in [0.1, 0.15) is 19.4 Å². The van der Waals surface area contributed by atoms with E-state index in [2.05, 4.69) is 5.32 Å². The standard InChI is InChI=1S/C20H22Cl2N2O3/c1-3-23-20(26)14(2)24(12-15-7-4-5-10-18(15)22)19(25)13-27-17-9-6-8-16(21)11-17/h4-11,14H,3,12-13H2,1-2H3,(H,23,26). The topological polar surface area (TPSA) is 58.6 Å². The number of ether oxygens (including phenoxy) is 1. The number of nitrogens with one attached hydrogen (secondary N) is 1.